The molecule has 7 nitrogen and oxygen atoms in total. The summed E-state index contributed by atoms with van der Waals surface area (Å²) in [5.41, 5.74) is -1.17. The maximum absolute atomic E-state index is 11.4. The molecule has 0 radical (unpaired) electrons. The second kappa shape index (κ2) is 4.50. The summed E-state index contributed by atoms with van der Waals surface area (Å²) in [5.74, 6) is 0.0740. The van der Waals surface area contributed by atoms with Crippen LogP contribution in [0.25, 0.3) is 0 Å². The molecule has 0 saturated heterocycles. The van der Waals surface area contributed by atoms with E-state index in [0.29, 0.717) is 0 Å². The van der Waals surface area contributed by atoms with Crippen molar-refractivity contribution in [1.29, 1.82) is 0 Å². The van der Waals surface area contributed by atoms with Gasteiger partial charge >= 0.3 is 5.69 Å². The van der Waals surface area contributed by atoms with Crippen molar-refractivity contribution < 1.29 is 0 Å². The van der Waals surface area contributed by atoms with Gasteiger partial charge in [0.25, 0.3) is 5.56 Å². The van der Waals surface area contributed by atoms with Crippen LogP contribution in [0.5, 0.6) is 0 Å². The van der Waals surface area contributed by atoms with E-state index in [2.05, 4.69) is 25.5 Å². The fourth-order valence-corrected chi connectivity index (χ4v) is 2.06. The van der Waals surface area contributed by atoms with Crippen molar-refractivity contribution in [3.05, 3.63) is 36.9 Å². The van der Waals surface area contributed by atoms with Gasteiger partial charge in [-0.25, -0.2) is 14.9 Å². The Kier molecular flexibility index (Phi) is 3.05. The van der Waals surface area contributed by atoms with Crippen molar-refractivity contribution in [3.8, 4) is 0 Å². The number of aromatic nitrogens is 4. The number of thiazole rings is 1. The molecule has 90 valence electrons. The van der Waals surface area contributed by atoms with Gasteiger partial charge in [-0.1, -0.05) is 0 Å². The molecule has 2 rings (SSSR count). The number of hydrogen-bond acceptors (Lipinski definition) is 6. The van der Waals surface area contributed by atoms with Crippen molar-refractivity contribution in [2.24, 2.45) is 0 Å². The van der Waals surface area contributed by atoms with Crippen LogP contribution in [0.3, 0.4) is 0 Å². The lowest BCUT2D eigenvalue weighted by molar-refractivity contribution is 0.819. The predicted octanol–water partition coefficient (Wildman–Crippen LogP) is 0.396. The summed E-state index contributed by atoms with van der Waals surface area (Å²) in [4.78, 5) is 29.6. The second-order valence-corrected chi connectivity index (χ2v) is 4.80. The fraction of sp³-hybridized carbons (Fsp3) is 0.333. The van der Waals surface area contributed by atoms with Crippen molar-refractivity contribution in [1.82, 2.24) is 20.2 Å². The topological polar surface area (TPSA) is 104 Å². The highest BCUT2D eigenvalue weighted by Crippen LogP contribution is 2.20. The van der Waals surface area contributed by atoms with Gasteiger partial charge in [0.15, 0.2) is 0 Å². The summed E-state index contributed by atoms with van der Waals surface area (Å²) < 4.78 is 0. The largest absolute Gasteiger partial charge is 0.355 e. The molecule has 2 aromatic rings. The van der Waals surface area contributed by atoms with Crippen LogP contribution in [0, 0.1) is 6.92 Å². The second-order valence-electron chi connectivity index (χ2n) is 3.53. The maximum atomic E-state index is 11.4. The molecule has 8 heteroatoms. The lowest BCUT2D eigenvalue weighted by Gasteiger charge is -2.09. The number of nitrogens with one attached hydrogen (secondary N) is 3. The van der Waals surface area contributed by atoms with Gasteiger partial charge < -0.3 is 5.32 Å². The highest BCUT2D eigenvalue weighted by atomic mass is 32.1. The highest BCUT2D eigenvalue weighted by Gasteiger charge is 2.12. The Bertz CT molecular complexity index is 629. The summed E-state index contributed by atoms with van der Waals surface area (Å²) in [5, 5.41) is 9.54. The standard InChI is InChI=1S/C9H11N5O2S/c1-4-3-10-8(17-4)5(2)11-6-7(15)12-9(16)14-13-6/h3,5H,1-2H3,(H,11,13)(H2,12,14,15,16). The van der Waals surface area contributed by atoms with Crippen LogP contribution < -0.4 is 16.6 Å². The van der Waals surface area contributed by atoms with E-state index in [1.165, 1.54) is 11.3 Å². The zero-order valence-corrected chi connectivity index (χ0v) is 10.1. The molecule has 1 atom stereocenters. The smallest absolute Gasteiger partial charge is 0.342 e. The summed E-state index contributed by atoms with van der Waals surface area (Å²) >= 11 is 1.54. The van der Waals surface area contributed by atoms with E-state index >= 15 is 0 Å². The van der Waals surface area contributed by atoms with Gasteiger partial charge in [0, 0.05) is 11.1 Å². The Balaban J connectivity index is 2.21. The molecule has 17 heavy (non-hydrogen) atoms. The van der Waals surface area contributed by atoms with Crippen LogP contribution in [-0.4, -0.2) is 20.2 Å². The molecule has 1 unspecified atom stereocenters. The number of nitrogens with zero attached hydrogens (tertiary/aromatic N) is 2. The Labute approximate surface area is 99.9 Å². The molecule has 2 aromatic heterocycles. The average molecular weight is 253 g/mol. The van der Waals surface area contributed by atoms with Crippen molar-refractivity contribution in [3.63, 3.8) is 0 Å². The molecule has 3 N–H and O–H groups in total. The monoisotopic (exact) mass is 253 g/mol. The Morgan fingerprint density at radius 3 is 2.82 bits per heavy atom. The van der Waals surface area contributed by atoms with E-state index in [1.807, 2.05) is 13.8 Å². The first-order valence-electron chi connectivity index (χ1n) is 4.94. The van der Waals surface area contributed by atoms with Gasteiger partial charge in [-0.3, -0.25) is 9.78 Å². The third-order valence-corrected chi connectivity index (χ3v) is 3.17. The zero-order valence-electron chi connectivity index (χ0n) is 9.27. The normalized spacial score (nSPS) is 12.4. The van der Waals surface area contributed by atoms with Crippen molar-refractivity contribution in [2.75, 3.05) is 5.32 Å². The number of H-pyrrole nitrogens is 2. The zero-order chi connectivity index (χ0) is 12.4. The minimum absolute atomic E-state index is 0.0740. The molecule has 0 saturated carbocycles. The van der Waals surface area contributed by atoms with Gasteiger partial charge in [0.1, 0.15) is 5.01 Å². The maximum Gasteiger partial charge on any atom is 0.342 e. The molecule has 0 aliphatic heterocycles. The van der Waals surface area contributed by atoms with Crippen molar-refractivity contribution in [2.45, 2.75) is 19.9 Å². The molecule has 0 aliphatic rings. The number of aromatic amines is 2. The first-order chi connectivity index (χ1) is 8.06. The van der Waals surface area contributed by atoms with Crippen LogP contribution >= 0.6 is 11.3 Å². The molecule has 0 bridgehead atoms. The predicted molar refractivity (Wildman–Crippen MR) is 64.4 cm³/mol. The minimum Gasteiger partial charge on any atom is -0.355 e. The number of rotatable bonds is 3. The molecular formula is C9H11N5O2S. The molecule has 0 fully saturated rings. The van der Waals surface area contributed by atoms with Gasteiger partial charge in [0.05, 0.1) is 6.04 Å². The molecule has 0 aliphatic carbocycles. The number of hydrogen-bond donors (Lipinski definition) is 3. The molecule has 0 spiro atoms. The van der Waals surface area contributed by atoms with Crippen LogP contribution in [0.15, 0.2) is 15.8 Å². The quantitative estimate of drug-likeness (QED) is 0.734. The van der Waals surface area contributed by atoms with E-state index in [9.17, 15) is 9.59 Å². The molecule has 2 heterocycles. The van der Waals surface area contributed by atoms with E-state index in [0.717, 1.165) is 9.88 Å². The van der Waals surface area contributed by atoms with Gasteiger partial charge in [-0.05, 0) is 13.8 Å². The Hall–Kier alpha value is -1.96. The fourth-order valence-electron chi connectivity index (χ4n) is 1.28. The van der Waals surface area contributed by atoms with E-state index < -0.39 is 11.2 Å². The average Bonchev–Trinajstić information content (AvgIpc) is 2.69. The van der Waals surface area contributed by atoms with Gasteiger partial charge in [-0.15, -0.1) is 16.4 Å². The Morgan fingerprint density at radius 1 is 1.47 bits per heavy atom. The van der Waals surface area contributed by atoms with E-state index in [4.69, 9.17) is 0 Å². The Morgan fingerprint density at radius 2 is 2.24 bits per heavy atom. The van der Waals surface area contributed by atoms with E-state index in [-0.39, 0.29) is 11.9 Å². The van der Waals surface area contributed by atoms with Crippen molar-refractivity contribution >= 4 is 17.2 Å². The lowest BCUT2D eigenvalue weighted by Crippen LogP contribution is -2.27. The first kappa shape index (κ1) is 11.5. The van der Waals surface area contributed by atoms with Crippen LogP contribution in [0.4, 0.5) is 5.82 Å². The minimum atomic E-state index is -0.627. The third-order valence-electron chi connectivity index (χ3n) is 2.07. The first-order valence-corrected chi connectivity index (χ1v) is 5.76. The summed E-state index contributed by atoms with van der Waals surface area (Å²) in [7, 11) is 0. The SMILES string of the molecule is Cc1cnc(C(C)Nc2n[nH]c(=O)[nH]c2=O)s1. The molecule has 0 amide bonds. The summed E-state index contributed by atoms with van der Waals surface area (Å²) in [6, 6.07) is -0.145. The highest BCUT2D eigenvalue weighted by molar-refractivity contribution is 7.11. The number of anilines is 1. The summed E-state index contributed by atoms with van der Waals surface area (Å²) in [6.45, 7) is 3.82. The van der Waals surface area contributed by atoms with Gasteiger partial charge in [-0.2, -0.15) is 0 Å². The lowest BCUT2D eigenvalue weighted by atomic mass is 10.3. The molecular weight excluding hydrogens is 242 g/mol. The molecule has 0 aromatic carbocycles. The van der Waals surface area contributed by atoms with Crippen LogP contribution in [0.2, 0.25) is 0 Å². The number of aryl methyl sites for hydroxylation is 1. The van der Waals surface area contributed by atoms with Gasteiger partial charge in [0.2, 0.25) is 5.82 Å². The van der Waals surface area contributed by atoms with E-state index in [1.54, 1.807) is 6.20 Å². The summed E-state index contributed by atoms with van der Waals surface area (Å²) in [6.07, 6.45) is 1.77. The van der Waals surface area contributed by atoms with Crippen LogP contribution in [-0.2, 0) is 0 Å². The van der Waals surface area contributed by atoms with Crippen LogP contribution in [0.1, 0.15) is 22.9 Å². The third kappa shape index (κ3) is 2.59.